The van der Waals surface area contributed by atoms with Crippen LogP contribution in [0.25, 0.3) is 11.2 Å². The van der Waals surface area contributed by atoms with E-state index < -0.39 is 0 Å². The molecule has 114 valence electrons. The minimum atomic E-state index is -0.255. The maximum atomic E-state index is 13.0. The Hall–Kier alpha value is -2.57. The zero-order chi connectivity index (χ0) is 15.5. The van der Waals surface area contributed by atoms with Crippen LogP contribution in [-0.4, -0.2) is 31.0 Å². The second-order valence-corrected chi connectivity index (χ2v) is 5.22. The zero-order valence-electron chi connectivity index (χ0n) is 12.5. The van der Waals surface area contributed by atoms with Gasteiger partial charge < -0.3 is 5.32 Å². The summed E-state index contributed by atoms with van der Waals surface area (Å²) in [5, 5.41) is 11.6. The van der Waals surface area contributed by atoms with Crippen LogP contribution in [-0.2, 0) is 6.54 Å². The molecule has 1 aromatic carbocycles. The van der Waals surface area contributed by atoms with Crippen molar-refractivity contribution in [3.8, 4) is 0 Å². The van der Waals surface area contributed by atoms with Gasteiger partial charge in [-0.1, -0.05) is 24.3 Å². The summed E-state index contributed by atoms with van der Waals surface area (Å²) in [6.45, 7) is 4.66. The third-order valence-electron chi connectivity index (χ3n) is 3.54. The fourth-order valence-electron chi connectivity index (χ4n) is 2.10. The smallest absolute Gasteiger partial charge is 0.184 e. The van der Waals surface area contributed by atoms with Crippen molar-refractivity contribution < 1.29 is 4.39 Å². The first-order chi connectivity index (χ1) is 10.7. The molecule has 2 aromatic heterocycles. The molecule has 6 nitrogen and oxygen atoms in total. The molecule has 0 aliphatic heterocycles. The van der Waals surface area contributed by atoms with E-state index in [0.717, 1.165) is 12.0 Å². The highest BCUT2D eigenvalue weighted by Gasteiger charge is 2.13. The lowest BCUT2D eigenvalue weighted by Gasteiger charge is -2.11. The Kier molecular flexibility index (Phi) is 3.95. The Morgan fingerprint density at radius 1 is 1.23 bits per heavy atom. The fourth-order valence-corrected chi connectivity index (χ4v) is 2.10. The van der Waals surface area contributed by atoms with Crippen LogP contribution in [0.4, 0.5) is 10.2 Å². The molecule has 0 spiro atoms. The molecule has 0 bridgehead atoms. The van der Waals surface area contributed by atoms with Gasteiger partial charge in [-0.3, -0.25) is 0 Å². The molecule has 3 rings (SSSR count). The highest BCUT2D eigenvalue weighted by atomic mass is 19.1. The van der Waals surface area contributed by atoms with Crippen LogP contribution >= 0.6 is 0 Å². The topological polar surface area (TPSA) is 68.5 Å². The van der Waals surface area contributed by atoms with Crippen LogP contribution in [0.1, 0.15) is 25.8 Å². The maximum Gasteiger partial charge on any atom is 0.184 e. The quantitative estimate of drug-likeness (QED) is 0.784. The fraction of sp³-hybridized carbons (Fsp3) is 0.333. The van der Waals surface area contributed by atoms with E-state index in [0.29, 0.717) is 29.6 Å². The van der Waals surface area contributed by atoms with Gasteiger partial charge in [-0.2, -0.15) is 0 Å². The van der Waals surface area contributed by atoms with Crippen molar-refractivity contribution >= 4 is 17.0 Å². The van der Waals surface area contributed by atoms with Gasteiger partial charge in [0.25, 0.3) is 0 Å². The van der Waals surface area contributed by atoms with Crippen molar-refractivity contribution in [1.29, 1.82) is 0 Å². The maximum absolute atomic E-state index is 13.0. The molecule has 0 fully saturated rings. The summed E-state index contributed by atoms with van der Waals surface area (Å²) in [6, 6.07) is 6.60. The lowest BCUT2D eigenvalue weighted by molar-refractivity contribution is 0.623. The average Bonchev–Trinajstić information content (AvgIpc) is 2.94. The van der Waals surface area contributed by atoms with Gasteiger partial charge in [-0.05, 0) is 31.0 Å². The van der Waals surface area contributed by atoms with Crippen LogP contribution in [0.2, 0.25) is 0 Å². The molecule has 0 aliphatic rings. The minimum Gasteiger partial charge on any atom is -0.366 e. The predicted octanol–water partition coefficient (Wildman–Crippen LogP) is 2.62. The van der Waals surface area contributed by atoms with E-state index in [4.69, 9.17) is 0 Å². The molecule has 3 aromatic rings. The van der Waals surface area contributed by atoms with Gasteiger partial charge in [0, 0.05) is 6.04 Å². The first-order valence-corrected chi connectivity index (χ1v) is 7.22. The van der Waals surface area contributed by atoms with E-state index in [1.165, 1.54) is 18.5 Å². The molecule has 22 heavy (non-hydrogen) atoms. The Morgan fingerprint density at radius 3 is 2.73 bits per heavy atom. The third kappa shape index (κ3) is 2.88. The molecule has 0 radical (unpaired) electrons. The number of hydrogen-bond acceptors (Lipinski definition) is 5. The largest absolute Gasteiger partial charge is 0.366 e. The van der Waals surface area contributed by atoms with Gasteiger partial charge in [-0.15, -0.1) is 5.10 Å². The van der Waals surface area contributed by atoms with Crippen LogP contribution in [0, 0.1) is 5.82 Å². The standard InChI is InChI=1S/C15H17FN6/c1-3-10(2)19-14-13-15(18-9-17-14)22(21-20-13)8-11-4-6-12(16)7-5-11/h4-7,9-10H,3,8H2,1-2H3,(H,17,18,19)/t10-/m0/s1. The van der Waals surface area contributed by atoms with Crippen molar-refractivity contribution in [1.82, 2.24) is 25.0 Å². The van der Waals surface area contributed by atoms with Gasteiger partial charge in [-0.25, -0.2) is 19.0 Å². The van der Waals surface area contributed by atoms with E-state index in [9.17, 15) is 4.39 Å². The summed E-state index contributed by atoms with van der Waals surface area (Å²) in [4.78, 5) is 8.50. The van der Waals surface area contributed by atoms with Crippen molar-refractivity contribution in [2.75, 3.05) is 5.32 Å². The van der Waals surface area contributed by atoms with Crippen molar-refractivity contribution in [3.63, 3.8) is 0 Å². The molecule has 2 heterocycles. The SMILES string of the molecule is CC[C@H](C)Nc1ncnc2c1nnn2Cc1ccc(F)cc1. The number of anilines is 1. The lowest BCUT2D eigenvalue weighted by atomic mass is 10.2. The molecule has 1 atom stereocenters. The van der Waals surface area contributed by atoms with Gasteiger partial charge in [0.2, 0.25) is 0 Å². The zero-order valence-corrected chi connectivity index (χ0v) is 12.5. The summed E-state index contributed by atoms with van der Waals surface area (Å²) in [7, 11) is 0. The van der Waals surface area contributed by atoms with Gasteiger partial charge >= 0.3 is 0 Å². The number of halogens is 1. The van der Waals surface area contributed by atoms with E-state index in [2.05, 4.69) is 39.4 Å². The molecule has 0 saturated carbocycles. The molecule has 0 aliphatic carbocycles. The van der Waals surface area contributed by atoms with Crippen LogP contribution in [0.3, 0.4) is 0 Å². The Bertz CT molecular complexity index is 767. The third-order valence-corrected chi connectivity index (χ3v) is 3.54. The van der Waals surface area contributed by atoms with Crippen molar-refractivity contribution in [3.05, 3.63) is 42.0 Å². The summed E-state index contributed by atoms with van der Waals surface area (Å²) in [6.07, 6.45) is 2.48. The number of nitrogens with one attached hydrogen (secondary N) is 1. The molecule has 0 unspecified atom stereocenters. The molecule has 7 heteroatoms. The van der Waals surface area contributed by atoms with Gasteiger partial charge in [0.05, 0.1) is 6.54 Å². The monoisotopic (exact) mass is 300 g/mol. The van der Waals surface area contributed by atoms with Crippen LogP contribution in [0.5, 0.6) is 0 Å². The summed E-state index contributed by atoms with van der Waals surface area (Å²) >= 11 is 0. The first-order valence-electron chi connectivity index (χ1n) is 7.22. The summed E-state index contributed by atoms with van der Waals surface area (Å²) in [5.41, 5.74) is 2.23. The van der Waals surface area contributed by atoms with E-state index in [-0.39, 0.29) is 5.82 Å². The lowest BCUT2D eigenvalue weighted by Crippen LogP contribution is -2.15. The number of fused-ring (bicyclic) bond motifs is 1. The number of hydrogen-bond donors (Lipinski definition) is 1. The van der Waals surface area contributed by atoms with Crippen molar-refractivity contribution in [2.24, 2.45) is 0 Å². The molecular weight excluding hydrogens is 283 g/mol. The molecule has 1 N–H and O–H groups in total. The predicted molar refractivity (Wildman–Crippen MR) is 82.0 cm³/mol. The summed E-state index contributed by atoms with van der Waals surface area (Å²) in [5.74, 6) is 0.430. The van der Waals surface area contributed by atoms with Crippen LogP contribution in [0.15, 0.2) is 30.6 Å². The molecule has 0 amide bonds. The Balaban J connectivity index is 1.91. The highest BCUT2D eigenvalue weighted by Crippen LogP contribution is 2.18. The number of benzene rings is 1. The van der Waals surface area contributed by atoms with Crippen molar-refractivity contribution in [2.45, 2.75) is 32.9 Å². The van der Waals surface area contributed by atoms with Gasteiger partial charge in [0.1, 0.15) is 12.1 Å². The summed E-state index contributed by atoms with van der Waals surface area (Å²) < 4.78 is 14.6. The highest BCUT2D eigenvalue weighted by molar-refractivity contribution is 5.81. The normalized spacial score (nSPS) is 12.5. The Labute approximate surface area is 127 Å². The van der Waals surface area contributed by atoms with Crippen LogP contribution < -0.4 is 5.32 Å². The van der Waals surface area contributed by atoms with E-state index in [1.54, 1.807) is 16.8 Å². The Morgan fingerprint density at radius 2 is 2.00 bits per heavy atom. The molecular formula is C15H17FN6. The van der Waals surface area contributed by atoms with Gasteiger partial charge in [0.15, 0.2) is 17.0 Å². The average molecular weight is 300 g/mol. The number of nitrogens with zero attached hydrogens (tertiary/aromatic N) is 5. The van der Waals surface area contributed by atoms with E-state index in [1.807, 2.05) is 0 Å². The second kappa shape index (κ2) is 6.05. The minimum absolute atomic E-state index is 0.255. The number of aromatic nitrogens is 5. The number of rotatable bonds is 5. The first kappa shape index (κ1) is 14.4. The second-order valence-electron chi connectivity index (χ2n) is 5.22. The molecule has 0 saturated heterocycles. The van der Waals surface area contributed by atoms with E-state index >= 15 is 0 Å².